The summed E-state index contributed by atoms with van der Waals surface area (Å²) in [7, 11) is 3.12. The Morgan fingerprint density at radius 2 is 1.93 bits per heavy atom. The smallest absolute Gasteiger partial charge is 0.258 e. The van der Waals surface area contributed by atoms with Crippen molar-refractivity contribution in [1.82, 2.24) is 15.5 Å². The maximum atomic E-state index is 11.9. The van der Waals surface area contributed by atoms with Crippen LogP contribution in [0, 0.1) is 6.92 Å². The predicted molar refractivity (Wildman–Crippen MR) is 101 cm³/mol. The molecule has 3 aromatic rings. The largest absolute Gasteiger partial charge is 0.493 e. The van der Waals surface area contributed by atoms with Crippen molar-refractivity contribution in [3.63, 3.8) is 0 Å². The molecule has 3 rings (SSSR count). The van der Waals surface area contributed by atoms with Crippen LogP contribution in [0.3, 0.4) is 0 Å². The van der Waals surface area contributed by atoms with Crippen LogP contribution in [-0.2, 0) is 11.3 Å². The molecule has 2 aromatic carbocycles. The fourth-order valence-corrected chi connectivity index (χ4v) is 2.50. The second kappa shape index (κ2) is 8.90. The van der Waals surface area contributed by atoms with Crippen LogP contribution in [0.2, 0.25) is 0 Å². The number of methoxy groups -OCH3 is 2. The van der Waals surface area contributed by atoms with E-state index >= 15 is 0 Å². The topological polar surface area (TPSA) is 95.7 Å². The van der Waals surface area contributed by atoms with Crippen LogP contribution in [0.4, 0.5) is 0 Å². The van der Waals surface area contributed by atoms with Crippen molar-refractivity contribution < 1.29 is 23.5 Å². The second-order valence-corrected chi connectivity index (χ2v) is 5.96. The Morgan fingerprint density at radius 1 is 1.11 bits per heavy atom. The zero-order valence-electron chi connectivity index (χ0n) is 15.9. The molecule has 0 saturated heterocycles. The molecule has 28 heavy (non-hydrogen) atoms. The lowest BCUT2D eigenvalue weighted by Crippen LogP contribution is -2.28. The maximum Gasteiger partial charge on any atom is 0.258 e. The lowest BCUT2D eigenvalue weighted by Gasteiger charge is -2.07. The summed E-state index contributed by atoms with van der Waals surface area (Å²) in [6, 6.07) is 12.8. The number of rotatable bonds is 8. The van der Waals surface area contributed by atoms with Gasteiger partial charge in [0.05, 0.1) is 20.8 Å². The van der Waals surface area contributed by atoms with Crippen LogP contribution >= 0.6 is 0 Å². The highest BCUT2D eigenvalue weighted by atomic mass is 16.5. The lowest BCUT2D eigenvalue weighted by molar-refractivity contribution is -0.123. The third-order valence-corrected chi connectivity index (χ3v) is 3.91. The van der Waals surface area contributed by atoms with Crippen LogP contribution in [0.1, 0.15) is 11.5 Å². The number of ether oxygens (including phenoxy) is 3. The molecule has 0 radical (unpaired) electrons. The molecule has 1 heterocycles. The molecule has 0 aliphatic rings. The Bertz CT molecular complexity index is 955. The van der Waals surface area contributed by atoms with Crippen LogP contribution in [0.15, 0.2) is 47.0 Å². The van der Waals surface area contributed by atoms with E-state index in [4.69, 9.17) is 18.7 Å². The van der Waals surface area contributed by atoms with Gasteiger partial charge in [-0.15, -0.1) is 0 Å². The van der Waals surface area contributed by atoms with Crippen molar-refractivity contribution in [2.75, 3.05) is 20.8 Å². The number of carbonyl (C=O) groups excluding carboxylic acids is 1. The van der Waals surface area contributed by atoms with E-state index in [-0.39, 0.29) is 24.9 Å². The molecule has 8 nitrogen and oxygen atoms in total. The summed E-state index contributed by atoms with van der Waals surface area (Å²) in [5, 5.41) is 6.62. The zero-order valence-corrected chi connectivity index (χ0v) is 15.9. The minimum absolute atomic E-state index is 0.0971. The molecule has 0 spiro atoms. The van der Waals surface area contributed by atoms with Gasteiger partial charge in [-0.25, -0.2) is 0 Å². The van der Waals surface area contributed by atoms with Crippen LogP contribution in [0.25, 0.3) is 11.4 Å². The van der Waals surface area contributed by atoms with Gasteiger partial charge in [-0.1, -0.05) is 17.3 Å². The summed E-state index contributed by atoms with van der Waals surface area (Å²) in [6.07, 6.45) is 0. The van der Waals surface area contributed by atoms with Gasteiger partial charge in [-0.3, -0.25) is 4.79 Å². The summed E-state index contributed by atoms with van der Waals surface area (Å²) in [5.74, 6) is 2.20. The first-order valence-corrected chi connectivity index (χ1v) is 8.60. The first kappa shape index (κ1) is 19.2. The third-order valence-electron chi connectivity index (χ3n) is 3.91. The number of aromatic nitrogens is 2. The molecule has 0 aliphatic heterocycles. The summed E-state index contributed by atoms with van der Waals surface area (Å²) >= 11 is 0. The molecule has 146 valence electrons. The van der Waals surface area contributed by atoms with E-state index in [0.717, 1.165) is 5.56 Å². The molecule has 8 heteroatoms. The predicted octanol–water partition coefficient (Wildman–Crippen LogP) is 2.76. The molecule has 1 N–H and O–H groups in total. The van der Waals surface area contributed by atoms with Gasteiger partial charge in [0.2, 0.25) is 11.7 Å². The maximum absolute atomic E-state index is 11.9. The molecule has 1 aromatic heterocycles. The molecule has 0 fully saturated rings. The van der Waals surface area contributed by atoms with Gasteiger partial charge in [-0.2, -0.15) is 4.98 Å². The van der Waals surface area contributed by atoms with E-state index in [1.165, 1.54) is 0 Å². The Hall–Kier alpha value is -3.55. The van der Waals surface area contributed by atoms with E-state index in [1.807, 2.05) is 25.1 Å². The monoisotopic (exact) mass is 383 g/mol. The molecular formula is C20H21N3O5. The highest BCUT2D eigenvalue weighted by Crippen LogP contribution is 2.31. The average Bonchev–Trinajstić information content (AvgIpc) is 3.19. The number of hydrogen-bond acceptors (Lipinski definition) is 7. The average molecular weight is 383 g/mol. The Morgan fingerprint density at radius 3 is 2.68 bits per heavy atom. The molecule has 1 amide bonds. The van der Waals surface area contributed by atoms with Crippen molar-refractivity contribution in [2.45, 2.75) is 13.5 Å². The summed E-state index contributed by atoms with van der Waals surface area (Å²) < 4.78 is 21.1. The summed E-state index contributed by atoms with van der Waals surface area (Å²) in [6.45, 7) is 1.97. The van der Waals surface area contributed by atoms with Crippen LogP contribution in [-0.4, -0.2) is 36.9 Å². The number of carbonyl (C=O) groups is 1. The van der Waals surface area contributed by atoms with Gasteiger partial charge in [0, 0.05) is 5.56 Å². The number of hydrogen-bond donors (Lipinski definition) is 1. The van der Waals surface area contributed by atoms with Gasteiger partial charge < -0.3 is 24.1 Å². The van der Waals surface area contributed by atoms with Gasteiger partial charge in [-0.05, 0) is 42.8 Å². The van der Waals surface area contributed by atoms with Crippen molar-refractivity contribution in [3.8, 4) is 28.6 Å². The van der Waals surface area contributed by atoms with Crippen molar-refractivity contribution in [1.29, 1.82) is 0 Å². The first-order valence-electron chi connectivity index (χ1n) is 8.60. The highest BCUT2D eigenvalue weighted by Gasteiger charge is 2.13. The standard InChI is InChI=1S/C20H21N3O5/c1-13-5-4-6-15(9-13)27-12-18(24)21-11-19-22-20(23-28-19)14-7-8-16(25-2)17(10-14)26-3/h4-10H,11-12H2,1-3H3,(H,21,24). The number of amides is 1. The van der Waals surface area contributed by atoms with E-state index < -0.39 is 0 Å². The molecule has 0 saturated carbocycles. The summed E-state index contributed by atoms with van der Waals surface area (Å²) in [4.78, 5) is 16.2. The normalized spacial score (nSPS) is 10.4. The molecule has 0 unspecified atom stereocenters. The van der Waals surface area contributed by atoms with Crippen molar-refractivity contribution >= 4 is 5.91 Å². The SMILES string of the molecule is COc1ccc(-c2noc(CNC(=O)COc3cccc(C)c3)n2)cc1OC. The van der Waals surface area contributed by atoms with Gasteiger partial charge in [0.1, 0.15) is 5.75 Å². The second-order valence-electron chi connectivity index (χ2n) is 5.96. The molecule has 0 bridgehead atoms. The van der Waals surface area contributed by atoms with Crippen LogP contribution in [0.5, 0.6) is 17.2 Å². The quantitative estimate of drug-likeness (QED) is 0.639. The Balaban J connectivity index is 1.55. The third kappa shape index (κ3) is 4.79. The van der Waals surface area contributed by atoms with Gasteiger partial charge in [0.15, 0.2) is 18.1 Å². The fraction of sp³-hybridized carbons (Fsp3) is 0.250. The lowest BCUT2D eigenvalue weighted by atomic mass is 10.2. The van der Waals surface area contributed by atoms with E-state index in [0.29, 0.717) is 28.6 Å². The van der Waals surface area contributed by atoms with Crippen molar-refractivity contribution in [3.05, 3.63) is 53.9 Å². The van der Waals surface area contributed by atoms with E-state index in [9.17, 15) is 4.79 Å². The minimum atomic E-state index is -0.285. The number of nitrogens with zero attached hydrogens (tertiary/aromatic N) is 2. The zero-order chi connectivity index (χ0) is 19.9. The molecular weight excluding hydrogens is 362 g/mol. The molecule has 0 atom stereocenters. The summed E-state index contributed by atoms with van der Waals surface area (Å²) in [5.41, 5.74) is 1.77. The number of aryl methyl sites for hydroxylation is 1. The Labute approximate surface area is 162 Å². The van der Waals surface area contributed by atoms with E-state index in [1.54, 1.807) is 38.5 Å². The van der Waals surface area contributed by atoms with Gasteiger partial charge >= 0.3 is 0 Å². The van der Waals surface area contributed by atoms with E-state index in [2.05, 4.69) is 15.5 Å². The van der Waals surface area contributed by atoms with Crippen LogP contribution < -0.4 is 19.5 Å². The van der Waals surface area contributed by atoms with Crippen molar-refractivity contribution in [2.24, 2.45) is 0 Å². The van der Waals surface area contributed by atoms with Gasteiger partial charge in [0.25, 0.3) is 5.91 Å². The number of nitrogens with one attached hydrogen (secondary N) is 1. The highest BCUT2D eigenvalue weighted by molar-refractivity contribution is 5.77. The first-order chi connectivity index (χ1) is 13.6. The number of benzene rings is 2. The fourth-order valence-electron chi connectivity index (χ4n) is 2.50. The minimum Gasteiger partial charge on any atom is -0.493 e. The molecule has 0 aliphatic carbocycles. The Kier molecular flexibility index (Phi) is 6.11.